The summed E-state index contributed by atoms with van der Waals surface area (Å²) < 4.78 is 14.0. The molecule has 2 saturated carbocycles. The van der Waals surface area contributed by atoms with Crippen LogP contribution in [0.25, 0.3) is 0 Å². The molecule has 0 aromatic carbocycles. The van der Waals surface area contributed by atoms with E-state index in [4.69, 9.17) is 9.26 Å². The maximum atomic E-state index is 6.47. The molecule has 2 aromatic rings. The maximum absolute atomic E-state index is 6.47. The molecule has 0 amide bonds. The van der Waals surface area contributed by atoms with Crippen LogP contribution in [-0.2, 0) is 11.3 Å². The van der Waals surface area contributed by atoms with Crippen LogP contribution in [-0.4, -0.2) is 45.6 Å². The van der Waals surface area contributed by atoms with Gasteiger partial charge in [0.2, 0.25) is 0 Å². The molecule has 0 radical (unpaired) electrons. The Bertz CT molecular complexity index is 805. The Morgan fingerprint density at radius 1 is 1.14 bits per heavy atom. The van der Waals surface area contributed by atoms with Crippen molar-refractivity contribution in [3.8, 4) is 0 Å². The van der Waals surface area contributed by atoms with E-state index in [0.29, 0.717) is 12.1 Å². The summed E-state index contributed by atoms with van der Waals surface area (Å²) in [5, 5.41) is 8.78. The van der Waals surface area contributed by atoms with Crippen LogP contribution in [0.3, 0.4) is 0 Å². The predicted molar refractivity (Wildman–Crippen MR) is 106 cm³/mol. The third-order valence-electron chi connectivity index (χ3n) is 7.04. The standard InChI is InChI=1S/C22H32N4O2/c1-14-8-23-26(9-14)21-6-18-10-25(12-20-15(2)24-28-16(20)3)11-19(18)7-22(21)27-13-17-4-5-17/h8-9,17-19,21-22H,4-7,10-13H2,1-3H3/t18-,19+,21-,22-/m0/s1. The van der Waals surface area contributed by atoms with Gasteiger partial charge in [0.1, 0.15) is 5.76 Å². The first-order valence-corrected chi connectivity index (χ1v) is 10.8. The topological polar surface area (TPSA) is 56.3 Å². The number of aryl methyl sites for hydroxylation is 3. The van der Waals surface area contributed by atoms with E-state index in [9.17, 15) is 0 Å². The highest BCUT2D eigenvalue weighted by Gasteiger charge is 2.44. The zero-order chi connectivity index (χ0) is 19.3. The Morgan fingerprint density at radius 3 is 2.57 bits per heavy atom. The summed E-state index contributed by atoms with van der Waals surface area (Å²) in [7, 11) is 0. The van der Waals surface area contributed by atoms with Gasteiger partial charge >= 0.3 is 0 Å². The molecule has 3 heterocycles. The summed E-state index contributed by atoms with van der Waals surface area (Å²) in [5.41, 5.74) is 3.52. The monoisotopic (exact) mass is 384 g/mol. The van der Waals surface area contributed by atoms with Crippen LogP contribution < -0.4 is 0 Å². The number of ether oxygens (including phenoxy) is 1. The van der Waals surface area contributed by atoms with E-state index in [1.165, 1.54) is 30.4 Å². The van der Waals surface area contributed by atoms with Gasteiger partial charge in [-0.1, -0.05) is 5.16 Å². The number of fused-ring (bicyclic) bond motifs is 1. The van der Waals surface area contributed by atoms with Crippen molar-refractivity contribution < 1.29 is 9.26 Å². The van der Waals surface area contributed by atoms with Crippen LogP contribution in [0.1, 0.15) is 54.3 Å². The molecule has 0 bridgehead atoms. The van der Waals surface area contributed by atoms with Crippen molar-refractivity contribution >= 4 is 0 Å². The first-order chi connectivity index (χ1) is 13.6. The average Bonchev–Trinajstić information content (AvgIpc) is 3.14. The quantitative estimate of drug-likeness (QED) is 0.760. The highest BCUT2D eigenvalue weighted by atomic mass is 16.5. The van der Waals surface area contributed by atoms with Crippen LogP contribution in [0.4, 0.5) is 0 Å². The Hall–Kier alpha value is -1.66. The number of rotatable bonds is 6. The lowest BCUT2D eigenvalue weighted by Gasteiger charge is -2.38. The fourth-order valence-electron chi connectivity index (χ4n) is 5.18. The molecule has 2 aromatic heterocycles. The Balaban J connectivity index is 1.30. The maximum Gasteiger partial charge on any atom is 0.138 e. The lowest BCUT2D eigenvalue weighted by Crippen LogP contribution is -2.38. The molecule has 2 aliphatic carbocycles. The zero-order valence-electron chi connectivity index (χ0n) is 17.3. The minimum atomic E-state index is 0.292. The van der Waals surface area contributed by atoms with Crippen molar-refractivity contribution in [1.82, 2.24) is 19.8 Å². The van der Waals surface area contributed by atoms with Gasteiger partial charge in [0.25, 0.3) is 0 Å². The van der Waals surface area contributed by atoms with E-state index in [2.05, 4.69) is 33.0 Å². The highest BCUT2D eigenvalue weighted by molar-refractivity contribution is 5.20. The second kappa shape index (κ2) is 7.30. The van der Waals surface area contributed by atoms with Gasteiger partial charge in [-0.05, 0) is 69.8 Å². The van der Waals surface area contributed by atoms with Gasteiger partial charge in [0.15, 0.2) is 0 Å². The number of aromatic nitrogens is 3. The minimum absolute atomic E-state index is 0.292. The normalized spacial score (nSPS) is 30.7. The third kappa shape index (κ3) is 3.64. The molecule has 152 valence electrons. The summed E-state index contributed by atoms with van der Waals surface area (Å²) in [6, 6.07) is 0.368. The molecule has 3 fully saturated rings. The number of hydrogen-bond donors (Lipinski definition) is 0. The van der Waals surface area contributed by atoms with Gasteiger partial charge in [0.05, 0.1) is 24.0 Å². The first-order valence-electron chi connectivity index (χ1n) is 10.8. The first kappa shape index (κ1) is 18.4. The molecule has 0 unspecified atom stereocenters. The van der Waals surface area contributed by atoms with Gasteiger partial charge in [0, 0.05) is 38.0 Å². The molecule has 1 aliphatic heterocycles. The lowest BCUT2D eigenvalue weighted by molar-refractivity contribution is -0.0371. The fraction of sp³-hybridized carbons (Fsp3) is 0.727. The molecule has 4 atom stereocenters. The molecule has 6 nitrogen and oxygen atoms in total. The molecule has 1 saturated heterocycles. The highest BCUT2D eigenvalue weighted by Crippen LogP contribution is 2.43. The summed E-state index contributed by atoms with van der Waals surface area (Å²) in [4.78, 5) is 2.59. The van der Waals surface area contributed by atoms with Crippen molar-refractivity contribution in [3.05, 3.63) is 35.0 Å². The smallest absolute Gasteiger partial charge is 0.138 e. The fourth-order valence-corrected chi connectivity index (χ4v) is 5.18. The summed E-state index contributed by atoms with van der Waals surface area (Å²) in [6.45, 7) is 10.4. The van der Waals surface area contributed by atoms with E-state index in [1.54, 1.807) is 0 Å². The van der Waals surface area contributed by atoms with E-state index in [-0.39, 0.29) is 0 Å². The molecule has 6 heteroatoms. The summed E-state index contributed by atoms with van der Waals surface area (Å²) in [5.74, 6) is 3.20. The molecular formula is C22H32N4O2. The van der Waals surface area contributed by atoms with Crippen molar-refractivity contribution in [2.24, 2.45) is 17.8 Å². The van der Waals surface area contributed by atoms with E-state index in [1.807, 2.05) is 20.0 Å². The second-order valence-electron chi connectivity index (χ2n) is 9.37. The predicted octanol–water partition coefficient (Wildman–Crippen LogP) is 3.67. The van der Waals surface area contributed by atoms with Crippen molar-refractivity contribution in [1.29, 1.82) is 0 Å². The van der Waals surface area contributed by atoms with Crippen LogP contribution in [0.2, 0.25) is 0 Å². The number of likely N-dealkylation sites (tertiary alicyclic amines) is 1. The molecule has 5 rings (SSSR count). The van der Waals surface area contributed by atoms with Gasteiger partial charge in [-0.25, -0.2) is 0 Å². The van der Waals surface area contributed by atoms with Crippen molar-refractivity contribution in [2.75, 3.05) is 19.7 Å². The number of nitrogens with zero attached hydrogens (tertiary/aromatic N) is 4. The molecular weight excluding hydrogens is 352 g/mol. The lowest BCUT2D eigenvalue weighted by atomic mass is 9.77. The average molecular weight is 385 g/mol. The van der Waals surface area contributed by atoms with Crippen LogP contribution in [0.5, 0.6) is 0 Å². The molecule has 3 aliphatic rings. The molecule has 28 heavy (non-hydrogen) atoms. The Labute approximate surface area is 167 Å². The van der Waals surface area contributed by atoms with E-state index >= 15 is 0 Å². The largest absolute Gasteiger partial charge is 0.376 e. The third-order valence-corrected chi connectivity index (χ3v) is 7.04. The van der Waals surface area contributed by atoms with E-state index < -0.39 is 0 Å². The second-order valence-corrected chi connectivity index (χ2v) is 9.37. The van der Waals surface area contributed by atoms with Gasteiger partial charge in [-0.2, -0.15) is 5.10 Å². The SMILES string of the molecule is Cc1cnn([C@H]2C[C@H]3CN(Cc4c(C)noc4C)C[C@H]3C[C@@H]2OCC2CC2)c1. The van der Waals surface area contributed by atoms with Gasteiger partial charge in [-0.15, -0.1) is 0 Å². The van der Waals surface area contributed by atoms with Crippen LogP contribution >= 0.6 is 0 Å². The summed E-state index contributed by atoms with van der Waals surface area (Å²) in [6.07, 6.45) is 9.46. The van der Waals surface area contributed by atoms with Gasteiger partial charge < -0.3 is 9.26 Å². The van der Waals surface area contributed by atoms with Crippen LogP contribution in [0, 0.1) is 38.5 Å². The summed E-state index contributed by atoms with van der Waals surface area (Å²) >= 11 is 0. The van der Waals surface area contributed by atoms with Crippen molar-refractivity contribution in [3.63, 3.8) is 0 Å². The number of hydrogen-bond acceptors (Lipinski definition) is 5. The Kier molecular flexibility index (Phi) is 4.79. The minimum Gasteiger partial charge on any atom is -0.376 e. The van der Waals surface area contributed by atoms with Crippen molar-refractivity contribution in [2.45, 2.75) is 65.1 Å². The van der Waals surface area contributed by atoms with Gasteiger partial charge in [-0.3, -0.25) is 9.58 Å². The van der Waals surface area contributed by atoms with E-state index in [0.717, 1.165) is 61.9 Å². The Morgan fingerprint density at radius 2 is 1.93 bits per heavy atom. The zero-order valence-corrected chi connectivity index (χ0v) is 17.3. The molecule has 0 N–H and O–H groups in total. The molecule has 0 spiro atoms. The van der Waals surface area contributed by atoms with Crippen LogP contribution in [0.15, 0.2) is 16.9 Å².